The summed E-state index contributed by atoms with van der Waals surface area (Å²) < 4.78 is 4.92. The van der Waals surface area contributed by atoms with Gasteiger partial charge in [0.25, 0.3) is 0 Å². The zero-order chi connectivity index (χ0) is 24.5. The number of ether oxygens (including phenoxy) is 1. The maximum Gasteiger partial charge on any atom is 0.308 e. The highest BCUT2D eigenvalue weighted by Gasteiger charge is 2.34. The first kappa shape index (κ1) is 28.9. The predicted molar refractivity (Wildman–Crippen MR) is 133 cm³/mol. The molecule has 0 bridgehead atoms. The number of esters is 1. The Morgan fingerprint density at radius 1 is 0.788 bits per heavy atom. The van der Waals surface area contributed by atoms with Gasteiger partial charge in [0, 0.05) is 18.1 Å². The second kappa shape index (κ2) is 17.3. The topological polar surface area (TPSA) is 80.7 Å². The highest BCUT2D eigenvalue weighted by atomic mass is 16.5. The van der Waals surface area contributed by atoms with Crippen LogP contribution in [0.2, 0.25) is 0 Å². The van der Waals surface area contributed by atoms with Crippen molar-refractivity contribution in [2.45, 2.75) is 124 Å². The lowest BCUT2D eigenvalue weighted by Crippen LogP contribution is -2.25. The second-order valence-electron chi connectivity index (χ2n) is 9.07. The molecule has 5 nitrogen and oxygen atoms in total. The number of allylic oxidation sites excluding steroid dienone is 4. The van der Waals surface area contributed by atoms with E-state index >= 15 is 0 Å². The lowest BCUT2D eigenvalue weighted by Gasteiger charge is -2.18. The highest BCUT2D eigenvalue weighted by Crippen LogP contribution is 2.28. The number of hydrogen-bond acceptors (Lipinski definition) is 5. The van der Waals surface area contributed by atoms with Crippen LogP contribution in [0.3, 0.4) is 0 Å². The van der Waals surface area contributed by atoms with Crippen LogP contribution < -0.4 is 0 Å². The Hall–Kier alpha value is -2.17. The maximum absolute atomic E-state index is 12.5. The van der Waals surface area contributed by atoms with Gasteiger partial charge in [-0.3, -0.25) is 14.4 Å². The summed E-state index contributed by atoms with van der Waals surface area (Å²) in [4.78, 5) is 35.9. The summed E-state index contributed by atoms with van der Waals surface area (Å²) in [5.41, 5.74) is 0.0500. The largest absolute Gasteiger partial charge is 0.504 e. The summed E-state index contributed by atoms with van der Waals surface area (Å²) in [6.07, 6.45) is 23.0. The van der Waals surface area contributed by atoms with E-state index in [0.717, 1.165) is 25.7 Å². The van der Waals surface area contributed by atoms with Crippen molar-refractivity contribution in [1.82, 2.24) is 0 Å². The van der Waals surface area contributed by atoms with Gasteiger partial charge < -0.3 is 9.84 Å². The monoisotopic (exact) mass is 460 g/mol. The molecule has 0 aromatic rings. The van der Waals surface area contributed by atoms with Crippen molar-refractivity contribution in [2.75, 3.05) is 0 Å². The summed E-state index contributed by atoms with van der Waals surface area (Å²) in [6, 6.07) is 0. The molecule has 0 aromatic carbocycles. The Kier molecular flexibility index (Phi) is 15.2. The number of aliphatic hydroxyl groups excluding tert-OH is 1. The summed E-state index contributed by atoms with van der Waals surface area (Å²) >= 11 is 0. The van der Waals surface area contributed by atoms with Crippen molar-refractivity contribution in [3.63, 3.8) is 0 Å². The minimum absolute atomic E-state index is 0.0179. The second-order valence-corrected chi connectivity index (χ2v) is 9.07. The number of carbonyl (C=O) groups excluding carboxylic acids is 3. The molecule has 0 radical (unpaired) electrons. The maximum atomic E-state index is 12.5. The molecule has 0 unspecified atom stereocenters. The molecule has 1 N–H and O–H groups in total. The zero-order valence-corrected chi connectivity index (χ0v) is 21.0. The van der Waals surface area contributed by atoms with Crippen LogP contribution in [0.15, 0.2) is 34.8 Å². The zero-order valence-electron chi connectivity index (χ0n) is 21.0. The standard InChI is InChI=1S/C28H44O5/c1-4-5-6-7-8-9-10-11-12-13-14-15-16-17-18-19-20-21-24-26(31)25(30)22(2)28(27(24)32)33-23(3)29/h7-8,31H,4-6,9-21H2,1-3H3/b8-7+. The van der Waals surface area contributed by atoms with E-state index in [1.54, 1.807) is 0 Å². The van der Waals surface area contributed by atoms with E-state index < -0.39 is 23.3 Å². The molecule has 0 aromatic heterocycles. The molecule has 1 aliphatic rings. The normalized spacial score (nSPS) is 14.6. The minimum Gasteiger partial charge on any atom is -0.504 e. The number of carbonyl (C=O) groups is 3. The Bertz CT molecular complexity index is 727. The number of unbranched alkanes of at least 4 members (excludes halogenated alkanes) is 13. The van der Waals surface area contributed by atoms with Crippen molar-refractivity contribution >= 4 is 17.5 Å². The van der Waals surface area contributed by atoms with E-state index in [4.69, 9.17) is 4.74 Å². The molecule has 5 heteroatoms. The van der Waals surface area contributed by atoms with E-state index in [0.29, 0.717) is 6.42 Å². The fourth-order valence-electron chi connectivity index (χ4n) is 4.04. The summed E-state index contributed by atoms with van der Waals surface area (Å²) in [6.45, 7) is 4.80. The molecular weight excluding hydrogens is 416 g/mol. The molecule has 33 heavy (non-hydrogen) atoms. The number of rotatable bonds is 18. The Morgan fingerprint density at radius 2 is 1.27 bits per heavy atom. The molecule has 0 aliphatic heterocycles. The third-order valence-corrected chi connectivity index (χ3v) is 6.10. The predicted octanol–water partition coefficient (Wildman–Crippen LogP) is 7.61. The van der Waals surface area contributed by atoms with Crippen LogP contribution in [-0.4, -0.2) is 22.6 Å². The quantitative estimate of drug-likeness (QED) is 0.0985. The molecule has 0 atom stereocenters. The van der Waals surface area contributed by atoms with Crippen molar-refractivity contribution in [2.24, 2.45) is 0 Å². The van der Waals surface area contributed by atoms with Gasteiger partial charge in [-0.05, 0) is 39.0 Å². The van der Waals surface area contributed by atoms with Crippen LogP contribution in [0.1, 0.15) is 124 Å². The first-order valence-corrected chi connectivity index (χ1v) is 13.0. The van der Waals surface area contributed by atoms with E-state index in [1.165, 1.54) is 84.5 Å². The van der Waals surface area contributed by atoms with E-state index in [-0.39, 0.29) is 16.9 Å². The van der Waals surface area contributed by atoms with Crippen LogP contribution >= 0.6 is 0 Å². The molecule has 0 saturated heterocycles. The van der Waals surface area contributed by atoms with Gasteiger partial charge >= 0.3 is 5.97 Å². The average Bonchev–Trinajstić information content (AvgIpc) is 2.79. The Labute approximate surface area is 200 Å². The van der Waals surface area contributed by atoms with Gasteiger partial charge in [-0.1, -0.05) is 89.7 Å². The molecule has 0 saturated carbocycles. The number of hydrogen-bond donors (Lipinski definition) is 1. The van der Waals surface area contributed by atoms with Crippen LogP contribution in [0, 0.1) is 0 Å². The SMILES string of the molecule is CCCC/C=C/CCCCCCCCCCCCCC1=C(O)C(=O)C(C)=C(OC(C)=O)C1=O. The van der Waals surface area contributed by atoms with Gasteiger partial charge in [-0.25, -0.2) is 0 Å². The smallest absolute Gasteiger partial charge is 0.308 e. The summed E-state index contributed by atoms with van der Waals surface area (Å²) in [7, 11) is 0. The Morgan fingerprint density at radius 3 is 1.79 bits per heavy atom. The van der Waals surface area contributed by atoms with Crippen LogP contribution in [0.4, 0.5) is 0 Å². The molecule has 1 rings (SSSR count). The molecule has 0 spiro atoms. The summed E-state index contributed by atoms with van der Waals surface area (Å²) in [5, 5.41) is 10.1. The van der Waals surface area contributed by atoms with Crippen LogP contribution in [0.5, 0.6) is 0 Å². The van der Waals surface area contributed by atoms with Gasteiger partial charge in [0.05, 0.1) is 0 Å². The number of aliphatic hydroxyl groups is 1. The summed E-state index contributed by atoms with van der Waals surface area (Å²) in [5.74, 6) is -2.58. The van der Waals surface area contributed by atoms with Gasteiger partial charge in [-0.2, -0.15) is 0 Å². The van der Waals surface area contributed by atoms with Crippen molar-refractivity contribution in [3.8, 4) is 0 Å². The Balaban J connectivity index is 2.08. The first-order chi connectivity index (χ1) is 15.9. The van der Waals surface area contributed by atoms with Gasteiger partial charge in [0.15, 0.2) is 11.5 Å². The molecule has 0 fully saturated rings. The highest BCUT2D eigenvalue weighted by molar-refractivity contribution is 6.23. The van der Waals surface area contributed by atoms with Crippen molar-refractivity contribution < 1.29 is 24.2 Å². The van der Waals surface area contributed by atoms with Crippen molar-refractivity contribution in [1.29, 1.82) is 0 Å². The molecule has 0 heterocycles. The molecular formula is C28H44O5. The van der Waals surface area contributed by atoms with Crippen molar-refractivity contribution in [3.05, 3.63) is 34.8 Å². The fourth-order valence-corrected chi connectivity index (χ4v) is 4.04. The third kappa shape index (κ3) is 11.5. The van der Waals surface area contributed by atoms with E-state index in [2.05, 4.69) is 19.1 Å². The van der Waals surface area contributed by atoms with Gasteiger partial charge in [-0.15, -0.1) is 0 Å². The molecule has 186 valence electrons. The van der Waals surface area contributed by atoms with E-state index in [9.17, 15) is 19.5 Å². The molecule has 0 amide bonds. The van der Waals surface area contributed by atoms with Crippen LogP contribution in [-0.2, 0) is 19.1 Å². The van der Waals surface area contributed by atoms with Gasteiger partial charge in [0.2, 0.25) is 11.6 Å². The van der Waals surface area contributed by atoms with E-state index in [1.807, 2.05) is 0 Å². The third-order valence-electron chi connectivity index (χ3n) is 6.10. The average molecular weight is 461 g/mol. The van der Waals surface area contributed by atoms with Gasteiger partial charge in [0.1, 0.15) is 0 Å². The fraction of sp³-hybridized carbons (Fsp3) is 0.679. The first-order valence-electron chi connectivity index (χ1n) is 13.0. The number of Topliss-reactive ketones (excluding diaryl/α,β-unsaturated/α-hetero) is 2. The molecule has 1 aliphatic carbocycles. The minimum atomic E-state index is -0.652. The van der Waals surface area contributed by atoms with Crippen LogP contribution in [0.25, 0.3) is 0 Å². The number of ketones is 2. The lowest BCUT2D eigenvalue weighted by molar-refractivity contribution is -0.140. The lowest BCUT2D eigenvalue weighted by atomic mass is 9.90.